The highest BCUT2D eigenvalue weighted by atomic mass is 16.5. The fourth-order valence-corrected chi connectivity index (χ4v) is 3.11. The Hall–Kier alpha value is -4.13. The maximum Gasteiger partial charge on any atom is 0.338 e. The molecule has 0 unspecified atom stereocenters. The number of nitrogens with zero attached hydrogens (tertiary/aromatic N) is 1. The number of ether oxygens (including phenoxy) is 2. The van der Waals surface area contributed by atoms with Crippen LogP contribution in [0.15, 0.2) is 78.9 Å². The van der Waals surface area contributed by atoms with Gasteiger partial charge < -0.3 is 19.7 Å². The van der Waals surface area contributed by atoms with Gasteiger partial charge in [0.15, 0.2) is 6.61 Å². The van der Waals surface area contributed by atoms with Crippen molar-refractivity contribution in [3.63, 3.8) is 0 Å². The van der Waals surface area contributed by atoms with Crippen molar-refractivity contribution in [2.24, 2.45) is 0 Å². The molecule has 170 valence electrons. The number of benzene rings is 3. The van der Waals surface area contributed by atoms with Crippen LogP contribution in [0.25, 0.3) is 0 Å². The van der Waals surface area contributed by atoms with Crippen molar-refractivity contribution in [1.29, 1.82) is 0 Å². The summed E-state index contributed by atoms with van der Waals surface area (Å²) in [7, 11) is 0. The summed E-state index contributed by atoms with van der Waals surface area (Å²) in [5, 5.41) is 2.65. The topological polar surface area (TPSA) is 84.9 Å². The van der Waals surface area contributed by atoms with Crippen LogP contribution in [-0.4, -0.2) is 42.4 Å². The third kappa shape index (κ3) is 6.67. The lowest BCUT2D eigenvalue weighted by atomic mass is 10.2. The van der Waals surface area contributed by atoms with E-state index < -0.39 is 18.5 Å². The third-order valence-electron chi connectivity index (χ3n) is 4.85. The Kier molecular flexibility index (Phi) is 8.18. The summed E-state index contributed by atoms with van der Waals surface area (Å²) in [5.41, 5.74) is 1.32. The quantitative estimate of drug-likeness (QED) is 0.479. The van der Waals surface area contributed by atoms with E-state index in [4.69, 9.17) is 9.47 Å². The molecule has 0 radical (unpaired) electrons. The summed E-state index contributed by atoms with van der Waals surface area (Å²) in [5.74, 6) is -0.0522. The molecule has 3 rings (SSSR count). The zero-order valence-electron chi connectivity index (χ0n) is 18.6. The molecular formula is C26H26N2O5. The van der Waals surface area contributed by atoms with Crippen LogP contribution in [0.2, 0.25) is 0 Å². The number of carbonyl (C=O) groups excluding carboxylic acids is 3. The molecule has 0 heterocycles. The van der Waals surface area contributed by atoms with Crippen molar-refractivity contribution in [2.45, 2.75) is 13.8 Å². The van der Waals surface area contributed by atoms with Gasteiger partial charge in [0, 0.05) is 24.3 Å². The molecule has 0 saturated carbocycles. The number of hydrogen-bond donors (Lipinski definition) is 1. The Balaban J connectivity index is 1.52. The smallest absolute Gasteiger partial charge is 0.338 e. The molecule has 3 aromatic carbocycles. The van der Waals surface area contributed by atoms with Crippen LogP contribution in [0.1, 0.15) is 34.6 Å². The molecule has 0 atom stereocenters. The number of rotatable bonds is 9. The van der Waals surface area contributed by atoms with Crippen LogP contribution in [0.4, 0.5) is 5.69 Å². The minimum absolute atomic E-state index is 0.0646. The summed E-state index contributed by atoms with van der Waals surface area (Å²) in [4.78, 5) is 38.6. The minimum atomic E-state index is -0.635. The van der Waals surface area contributed by atoms with E-state index >= 15 is 0 Å². The molecule has 1 N–H and O–H groups in total. The van der Waals surface area contributed by atoms with Crippen LogP contribution >= 0.6 is 0 Å². The van der Waals surface area contributed by atoms with Gasteiger partial charge >= 0.3 is 5.97 Å². The van der Waals surface area contributed by atoms with Crippen molar-refractivity contribution in [3.8, 4) is 11.5 Å². The first kappa shape index (κ1) is 23.5. The number of esters is 1. The molecular weight excluding hydrogens is 420 g/mol. The van der Waals surface area contributed by atoms with Gasteiger partial charge in [0.25, 0.3) is 11.8 Å². The average Bonchev–Trinajstić information content (AvgIpc) is 2.84. The molecule has 0 fully saturated rings. The lowest BCUT2D eigenvalue weighted by Crippen LogP contribution is -2.30. The van der Waals surface area contributed by atoms with Gasteiger partial charge in [0.2, 0.25) is 0 Å². The molecule has 0 bridgehead atoms. The first-order chi connectivity index (χ1) is 16.0. The number of carbonyl (C=O) groups is 3. The second-order valence-electron chi connectivity index (χ2n) is 7.12. The molecule has 33 heavy (non-hydrogen) atoms. The first-order valence-corrected chi connectivity index (χ1v) is 10.7. The van der Waals surface area contributed by atoms with E-state index in [1.807, 2.05) is 32.0 Å². The first-order valence-electron chi connectivity index (χ1n) is 10.7. The van der Waals surface area contributed by atoms with Crippen molar-refractivity contribution in [1.82, 2.24) is 4.90 Å². The van der Waals surface area contributed by atoms with E-state index in [1.54, 1.807) is 65.6 Å². The predicted octanol–water partition coefficient (Wildman–Crippen LogP) is 4.76. The standard InChI is InChI=1S/C26H26N2O5/c1-3-28(4-2)25(30)19-13-15-21(16-14-19)27-24(29)18-32-26(31)20-9-8-12-23(17-20)33-22-10-6-5-7-11-22/h5-17H,3-4,18H2,1-2H3,(H,27,29). The molecule has 3 aromatic rings. The Labute approximate surface area is 192 Å². The highest BCUT2D eigenvalue weighted by Crippen LogP contribution is 2.22. The summed E-state index contributed by atoms with van der Waals surface area (Å²) < 4.78 is 10.8. The minimum Gasteiger partial charge on any atom is -0.457 e. The Morgan fingerprint density at radius 1 is 0.788 bits per heavy atom. The molecule has 0 spiro atoms. The van der Waals surface area contributed by atoms with Crippen molar-refractivity contribution in [2.75, 3.05) is 25.0 Å². The lowest BCUT2D eigenvalue weighted by molar-refractivity contribution is -0.119. The average molecular weight is 447 g/mol. The molecule has 0 aliphatic carbocycles. The van der Waals surface area contributed by atoms with E-state index in [9.17, 15) is 14.4 Å². The SMILES string of the molecule is CCN(CC)C(=O)c1ccc(NC(=O)COC(=O)c2cccc(Oc3ccccc3)c2)cc1. The van der Waals surface area contributed by atoms with Gasteiger partial charge in [-0.1, -0.05) is 24.3 Å². The van der Waals surface area contributed by atoms with Crippen LogP contribution in [-0.2, 0) is 9.53 Å². The lowest BCUT2D eigenvalue weighted by Gasteiger charge is -2.18. The van der Waals surface area contributed by atoms with Crippen LogP contribution in [0.3, 0.4) is 0 Å². The molecule has 7 heteroatoms. The Morgan fingerprint density at radius 2 is 1.45 bits per heavy atom. The van der Waals surface area contributed by atoms with E-state index in [2.05, 4.69) is 5.32 Å². The second kappa shape index (κ2) is 11.5. The van der Waals surface area contributed by atoms with E-state index in [0.717, 1.165) is 0 Å². The van der Waals surface area contributed by atoms with E-state index in [-0.39, 0.29) is 11.5 Å². The monoisotopic (exact) mass is 446 g/mol. The van der Waals surface area contributed by atoms with E-state index in [1.165, 1.54) is 0 Å². The summed E-state index contributed by atoms with van der Waals surface area (Å²) in [6.45, 7) is 4.65. The Morgan fingerprint density at radius 3 is 2.12 bits per heavy atom. The maximum absolute atomic E-state index is 12.4. The zero-order valence-corrected chi connectivity index (χ0v) is 18.6. The number of amides is 2. The Bertz CT molecular complexity index is 1090. The summed E-state index contributed by atoms with van der Waals surface area (Å²) >= 11 is 0. The van der Waals surface area contributed by atoms with Crippen molar-refractivity contribution >= 4 is 23.5 Å². The number of nitrogens with one attached hydrogen (secondary N) is 1. The van der Waals surface area contributed by atoms with Gasteiger partial charge in [-0.2, -0.15) is 0 Å². The molecule has 7 nitrogen and oxygen atoms in total. The maximum atomic E-state index is 12.4. The largest absolute Gasteiger partial charge is 0.457 e. The normalized spacial score (nSPS) is 10.2. The fourth-order valence-electron chi connectivity index (χ4n) is 3.11. The highest BCUT2D eigenvalue weighted by molar-refractivity contribution is 5.97. The predicted molar refractivity (Wildman–Crippen MR) is 126 cm³/mol. The third-order valence-corrected chi connectivity index (χ3v) is 4.85. The molecule has 0 aliphatic rings. The highest BCUT2D eigenvalue weighted by Gasteiger charge is 2.14. The summed E-state index contributed by atoms with van der Waals surface area (Å²) in [6, 6.07) is 22.3. The van der Waals surface area contributed by atoms with Gasteiger partial charge in [-0.3, -0.25) is 9.59 Å². The number of hydrogen-bond acceptors (Lipinski definition) is 5. The summed E-state index contributed by atoms with van der Waals surface area (Å²) in [6.07, 6.45) is 0. The van der Waals surface area contributed by atoms with E-state index in [0.29, 0.717) is 35.8 Å². The van der Waals surface area contributed by atoms with Gasteiger partial charge in [-0.05, 0) is 68.4 Å². The molecule has 0 aromatic heterocycles. The van der Waals surface area contributed by atoms with Gasteiger partial charge in [-0.15, -0.1) is 0 Å². The molecule has 0 saturated heterocycles. The molecule has 0 aliphatic heterocycles. The van der Waals surface area contributed by atoms with Crippen LogP contribution in [0, 0.1) is 0 Å². The van der Waals surface area contributed by atoms with Crippen molar-refractivity contribution < 1.29 is 23.9 Å². The number of anilines is 1. The van der Waals surface area contributed by atoms with Crippen molar-refractivity contribution in [3.05, 3.63) is 90.0 Å². The van der Waals surface area contributed by atoms with Gasteiger partial charge in [0.1, 0.15) is 11.5 Å². The number of para-hydroxylation sites is 1. The van der Waals surface area contributed by atoms with Gasteiger partial charge in [0.05, 0.1) is 5.56 Å². The van der Waals surface area contributed by atoms with Gasteiger partial charge in [-0.25, -0.2) is 4.79 Å². The fraction of sp³-hybridized carbons (Fsp3) is 0.192. The zero-order chi connectivity index (χ0) is 23.6. The molecule has 2 amide bonds. The second-order valence-corrected chi connectivity index (χ2v) is 7.12. The van der Waals surface area contributed by atoms with Crippen LogP contribution in [0.5, 0.6) is 11.5 Å². The van der Waals surface area contributed by atoms with Crippen LogP contribution < -0.4 is 10.1 Å².